The summed E-state index contributed by atoms with van der Waals surface area (Å²) in [5.74, 6) is -0.434. The third-order valence-corrected chi connectivity index (χ3v) is 5.67. The number of nitrogens with one attached hydrogen (secondary N) is 2. The van der Waals surface area contributed by atoms with Gasteiger partial charge in [-0.25, -0.2) is 9.59 Å². The van der Waals surface area contributed by atoms with Gasteiger partial charge in [-0.1, -0.05) is 42.5 Å². The maximum absolute atomic E-state index is 13.8. The van der Waals surface area contributed by atoms with Crippen molar-refractivity contribution in [2.75, 3.05) is 19.6 Å². The topological polar surface area (TPSA) is 123 Å². The second kappa shape index (κ2) is 13.0. The first-order chi connectivity index (χ1) is 18.0. The molecule has 3 rings (SSSR count). The van der Waals surface area contributed by atoms with E-state index in [1.165, 1.54) is 11.8 Å². The summed E-state index contributed by atoms with van der Waals surface area (Å²) in [7, 11) is 0. The minimum atomic E-state index is -0.993. The molecule has 2 N–H and O–H groups in total. The highest BCUT2D eigenvalue weighted by atomic mass is 16.6. The largest absolute Gasteiger partial charge is 0.445 e. The number of hydrogen-bond acceptors (Lipinski definition) is 8. The van der Waals surface area contributed by atoms with Gasteiger partial charge in [0.25, 0.3) is 0 Å². The molecule has 10 heteroatoms. The van der Waals surface area contributed by atoms with Gasteiger partial charge in [0.1, 0.15) is 24.0 Å². The van der Waals surface area contributed by atoms with Crippen LogP contribution in [-0.4, -0.2) is 66.2 Å². The molecule has 0 aromatic heterocycles. The molecule has 38 heavy (non-hydrogen) atoms. The summed E-state index contributed by atoms with van der Waals surface area (Å²) >= 11 is 0. The van der Waals surface area contributed by atoms with Gasteiger partial charge in [0.2, 0.25) is 0 Å². The first-order valence-electron chi connectivity index (χ1n) is 12.5. The monoisotopic (exact) mass is 525 g/mol. The maximum Gasteiger partial charge on any atom is 0.410 e. The number of amides is 2. The quantitative estimate of drug-likeness (QED) is 0.398. The molecule has 0 saturated carbocycles. The van der Waals surface area contributed by atoms with Crippen LogP contribution in [0.3, 0.4) is 0 Å². The van der Waals surface area contributed by atoms with Crippen molar-refractivity contribution in [3.05, 3.63) is 65.7 Å². The van der Waals surface area contributed by atoms with Crippen LogP contribution in [0.15, 0.2) is 54.6 Å². The van der Waals surface area contributed by atoms with Crippen LogP contribution in [0.25, 0.3) is 0 Å². The zero-order valence-corrected chi connectivity index (χ0v) is 22.2. The Morgan fingerprint density at radius 3 is 2.34 bits per heavy atom. The van der Waals surface area contributed by atoms with E-state index in [4.69, 9.17) is 14.2 Å². The van der Waals surface area contributed by atoms with E-state index in [-0.39, 0.29) is 31.9 Å². The van der Waals surface area contributed by atoms with E-state index in [9.17, 15) is 19.2 Å². The number of Topliss-reactive ketones (excluding diaryl/α,β-unsaturated/α-hetero) is 1. The van der Waals surface area contributed by atoms with E-state index in [2.05, 4.69) is 10.6 Å². The minimum absolute atomic E-state index is 0.0414. The molecule has 0 radical (unpaired) electrons. The molecule has 204 valence electrons. The summed E-state index contributed by atoms with van der Waals surface area (Å²) in [5.41, 5.74) is 0.798. The summed E-state index contributed by atoms with van der Waals surface area (Å²) in [6, 6.07) is 14.0. The van der Waals surface area contributed by atoms with Crippen LogP contribution in [-0.2, 0) is 32.1 Å². The molecule has 2 aromatic rings. The van der Waals surface area contributed by atoms with E-state index in [1.54, 1.807) is 45.0 Å². The molecule has 1 unspecified atom stereocenters. The molecule has 1 aliphatic heterocycles. The van der Waals surface area contributed by atoms with Crippen molar-refractivity contribution in [1.29, 1.82) is 0 Å². The van der Waals surface area contributed by atoms with E-state index < -0.39 is 35.8 Å². The van der Waals surface area contributed by atoms with Crippen LogP contribution in [0.2, 0.25) is 0 Å². The average molecular weight is 526 g/mol. The standard InChI is InChI=1S/C28H35N3O7/c1-19(32)37-22-12-10-20(11-13-22)16-23(30-26(34)36-18-21-8-6-5-7-9-21)25(33)24-17-29-14-15-31(24)27(35)38-28(2,3)4/h5-13,23-24,29H,14-18H2,1-4H3,(H,30,34)/t23-,24?/m0/s1. The lowest BCUT2D eigenvalue weighted by Crippen LogP contribution is -2.61. The zero-order chi connectivity index (χ0) is 27.7. The molecule has 1 saturated heterocycles. The van der Waals surface area contributed by atoms with Crippen LogP contribution in [0.4, 0.5) is 9.59 Å². The highest BCUT2D eigenvalue weighted by Crippen LogP contribution is 2.18. The van der Waals surface area contributed by atoms with E-state index in [0.717, 1.165) is 11.1 Å². The first kappa shape index (κ1) is 28.6. The number of piperazine rings is 1. The molecule has 2 atom stereocenters. The number of alkyl carbamates (subject to hydrolysis) is 1. The molecule has 2 amide bonds. The summed E-state index contributed by atoms with van der Waals surface area (Å²) in [5, 5.41) is 5.83. The number of ether oxygens (including phenoxy) is 3. The number of carbonyl (C=O) groups is 4. The number of rotatable bonds is 8. The van der Waals surface area contributed by atoms with E-state index in [1.807, 2.05) is 30.3 Å². The molecule has 0 spiro atoms. The molecular weight excluding hydrogens is 490 g/mol. The van der Waals surface area contributed by atoms with Gasteiger partial charge in [-0.05, 0) is 50.5 Å². The first-order valence-corrected chi connectivity index (χ1v) is 12.5. The Bertz CT molecular complexity index is 1110. The molecule has 1 aliphatic rings. The maximum atomic E-state index is 13.8. The lowest BCUT2D eigenvalue weighted by molar-refractivity contribution is -0.131. The Morgan fingerprint density at radius 2 is 1.71 bits per heavy atom. The number of carbonyl (C=O) groups excluding carboxylic acids is 4. The van der Waals surface area contributed by atoms with E-state index >= 15 is 0 Å². The SMILES string of the molecule is CC(=O)Oc1ccc(C[C@H](NC(=O)OCc2ccccc2)C(=O)C2CNCCN2C(=O)OC(C)(C)C)cc1. The lowest BCUT2D eigenvalue weighted by atomic mass is 9.96. The molecule has 1 heterocycles. The van der Waals surface area contributed by atoms with Gasteiger partial charge in [0, 0.05) is 26.6 Å². The zero-order valence-electron chi connectivity index (χ0n) is 22.2. The van der Waals surface area contributed by atoms with Gasteiger partial charge >= 0.3 is 18.2 Å². The summed E-state index contributed by atoms with van der Waals surface area (Å²) in [6.07, 6.45) is -1.21. The third kappa shape index (κ3) is 8.88. The van der Waals surface area contributed by atoms with Crippen molar-refractivity contribution in [2.45, 2.75) is 58.4 Å². The highest BCUT2D eigenvalue weighted by molar-refractivity contribution is 5.94. The molecule has 10 nitrogen and oxygen atoms in total. The Kier molecular flexibility index (Phi) is 9.84. The Balaban J connectivity index is 1.78. The minimum Gasteiger partial charge on any atom is -0.445 e. The van der Waals surface area contributed by atoms with Gasteiger partial charge in [-0.3, -0.25) is 14.5 Å². The fourth-order valence-corrected chi connectivity index (χ4v) is 3.95. The van der Waals surface area contributed by atoms with Gasteiger partial charge in [0.15, 0.2) is 5.78 Å². The summed E-state index contributed by atoms with van der Waals surface area (Å²) in [4.78, 5) is 52.0. The van der Waals surface area contributed by atoms with Crippen molar-refractivity contribution < 1.29 is 33.4 Å². The van der Waals surface area contributed by atoms with Crippen LogP contribution in [0.5, 0.6) is 5.75 Å². The van der Waals surface area contributed by atoms with Crippen LogP contribution in [0.1, 0.15) is 38.8 Å². The fourth-order valence-electron chi connectivity index (χ4n) is 3.95. The molecule has 2 aromatic carbocycles. The van der Waals surface area contributed by atoms with Crippen molar-refractivity contribution in [3.8, 4) is 5.75 Å². The normalized spacial score (nSPS) is 16.2. The number of ketones is 1. The van der Waals surface area contributed by atoms with Gasteiger partial charge in [0.05, 0.1) is 6.04 Å². The van der Waals surface area contributed by atoms with Crippen LogP contribution in [0, 0.1) is 0 Å². The molecule has 0 aliphatic carbocycles. The second-order valence-corrected chi connectivity index (χ2v) is 10.00. The fraction of sp³-hybridized carbons (Fsp3) is 0.429. The number of nitrogens with zero attached hydrogens (tertiary/aromatic N) is 1. The second-order valence-electron chi connectivity index (χ2n) is 10.00. The highest BCUT2D eigenvalue weighted by Gasteiger charge is 2.38. The van der Waals surface area contributed by atoms with Crippen LogP contribution < -0.4 is 15.4 Å². The van der Waals surface area contributed by atoms with Crippen molar-refractivity contribution in [1.82, 2.24) is 15.5 Å². The van der Waals surface area contributed by atoms with Gasteiger partial charge in [-0.2, -0.15) is 0 Å². The van der Waals surface area contributed by atoms with Gasteiger partial charge in [-0.15, -0.1) is 0 Å². The Labute approximate surface area is 222 Å². The summed E-state index contributed by atoms with van der Waals surface area (Å²) in [6.45, 7) is 7.65. The number of benzene rings is 2. The predicted octanol–water partition coefficient (Wildman–Crippen LogP) is 3.23. The number of esters is 1. The van der Waals surface area contributed by atoms with Crippen LogP contribution >= 0.6 is 0 Å². The van der Waals surface area contributed by atoms with Gasteiger partial charge < -0.3 is 24.8 Å². The Morgan fingerprint density at radius 1 is 1.03 bits per heavy atom. The Hall–Kier alpha value is -3.92. The molecule has 0 bridgehead atoms. The number of hydrogen-bond donors (Lipinski definition) is 2. The summed E-state index contributed by atoms with van der Waals surface area (Å²) < 4.78 is 16.0. The van der Waals surface area contributed by atoms with Crippen molar-refractivity contribution in [3.63, 3.8) is 0 Å². The average Bonchev–Trinajstić information content (AvgIpc) is 2.87. The molecule has 1 fully saturated rings. The lowest BCUT2D eigenvalue weighted by Gasteiger charge is -2.37. The third-order valence-electron chi connectivity index (χ3n) is 5.67. The van der Waals surface area contributed by atoms with E-state index in [0.29, 0.717) is 12.3 Å². The smallest absolute Gasteiger partial charge is 0.410 e. The van der Waals surface area contributed by atoms with Crippen molar-refractivity contribution in [2.24, 2.45) is 0 Å². The van der Waals surface area contributed by atoms with Crippen molar-refractivity contribution >= 4 is 23.9 Å². The molecular formula is C28H35N3O7. The predicted molar refractivity (Wildman–Crippen MR) is 140 cm³/mol.